The molecule has 0 aromatic carbocycles. The first-order chi connectivity index (χ1) is 13.2. The Morgan fingerprint density at radius 2 is 1.82 bits per heavy atom. The number of fused-ring (bicyclic) bond motifs is 5. The Morgan fingerprint density at radius 1 is 1.07 bits per heavy atom. The molecular weight excluding hydrogens is 352 g/mol. The second-order valence-electron chi connectivity index (χ2n) is 11.3. The normalized spacial score (nSPS) is 51.7. The second kappa shape index (κ2) is 7.27. The van der Waals surface area contributed by atoms with E-state index in [4.69, 9.17) is 5.11 Å². The van der Waals surface area contributed by atoms with Gasteiger partial charge < -0.3 is 15.3 Å². The van der Waals surface area contributed by atoms with E-state index in [0.29, 0.717) is 41.9 Å². The number of hydrogen-bond acceptors (Lipinski definition) is 3. The van der Waals surface area contributed by atoms with E-state index >= 15 is 0 Å². The van der Waals surface area contributed by atoms with Gasteiger partial charge in [-0.2, -0.15) is 0 Å². The fourth-order valence-electron chi connectivity index (χ4n) is 8.74. The minimum absolute atomic E-state index is 0.183. The SMILES string of the molecule is C[C@H](CCC(=O)O)[C@H]1CC[C@H]2[C@@H]3C(O)CC4CCCC[C@]4(C)[C@H]3CC(O)[C@]12C. The highest BCUT2D eigenvalue weighted by molar-refractivity contribution is 5.66. The van der Waals surface area contributed by atoms with Crippen molar-refractivity contribution in [3.8, 4) is 0 Å². The molecule has 4 fully saturated rings. The van der Waals surface area contributed by atoms with Crippen molar-refractivity contribution in [1.82, 2.24) is 0 Å². The van der Waals surface area contributed by atoms with Crippen molar-refractivity contribution in [3.63, 3.8) is 0 Å². The summed E-state index contributed by atoms with van der Waals surface area (Å²) in [5, 5.41) is 31.8. The van der Waals surface area contributed by atoms with E-state index in [9.17, 15) is 15.0 Å². The van der Waals surface area contributed by atoms with Crippen molar-refractivity contribution in [1.29, 1.82) is 0 Å². The third-order valence-electron chi connectivity index (χ3n) is 10.3. The summed E-state index contributed by atoms with van der Waals surface area (Å²) >= 11 is 0. The van der Waals surface area contributed by atoms with Gasteiger partial charge in [-0.1, -0.05) is 33.6 Å². The average Bonchev–Trinajstić information content (AvgIpc) is 3.00. The van der Waals surface area contributed by atoms with Crippen molar-refractivity contribution >= 4 is 5.97 Å². The maximum absolute atomic E-state index is 11.5. The summed E-state index contributed by atoms with van der Waals surface area (Å²) in [6.07, 6.45) is 9.32. The molecule has 0 aromatic rings. The van der Waals surface area contributed by atoms with Crippen LogP contribution >= 0.6 is 0 Å². The first-order valence-electron chi connectivity index (χ1n) is 11.8. The van der Waals surface area contributed by atoms with Gasteiger partial charge in [0.15, 0.2) is 0 Å². The zero-order valence-corrected chi connectivity index (χ0v) is 17.9. The fraction of sp³-hybridized carbons (Fsp3) is 0.958. The molecule has 0 saturated heterocycles. The van der Waals surface area contributed by atoms with Crippen molar-refractivity contribution in [2.75, 3.05) is 0 Å². The maximum Gasteiger partial charge on any atom is 0.303 e. The van der Waals surface area contributed by atoms with Crippen LogP contribution < -0.4 is 0 Å². The van der Waals surface area contributed by atoms with Gasteiger partial charge in [-0.3, -0.25) is 4.79 Å². The highest BCUT2D eigenvalue weighted by Gasteiger charge is 2.65. The molecule has 0 radical (unpaired) electrons. The van der Waals surface area contributed by atoms with Gasteiger partial charge in [0.2, 0.25) is 0 Å². The van der Waals surface area contributed by atoms with Gasteiger partial charge >= 0.3 is 5.97 Å². The van der Waals surface area contributed by atoms with Crippen LogP contribution in [0.25, 0.3) is 0 Å². The lowest BCUT2D eigenvalue weighted by Gasteiger charge is -2.63. The molecule has 0 aromatic heterocycles. The van der Waals surface area contributed by atoms with Crippen LogP contribution in [-0.4, -0.2) is 33.5 Å². The Kier molecular flexibility index (Phi) is 5.36. The summed E-state index contributed by atoms with van der Waals surface area (Å²) in [7, 11) is 0. The number of aliphatic hydroxyl groups excluding tert-OH is 2. The van der Waals surface area contributed by atoms with E-state index in [1.165, 1.54) is 25.7 Å². The molecule has 4 heteroatoms. The van der Waals surface area contributed by atoms with Crippen LogP contribution in [0.1, 0.15) is 85.0 Å². The highest BCUT2D eigenvalue weighted by atomic mass is 16.4. The van der Waals surface area contributed by atoms with Crippen LogP contribution in [-0.2, 0) is 4.79 Å². The first kappa shape index (κ1) is 20.7. The predicted molar refractivity (Wildman–Crippen MR) is 109 cm³/mol. The molecule has 0 bridgehead atoms. The van der Waals surface area contributed by atoms with Crippen molar-refractivity contribution in [2.45, 2.75) is 97.2 Å². The quantitative estimate of drug-likeness (QED) is 0.659. The van der Waals surface area contributed by atoms with Gasteiger partial charge in [0.1, 0.15) is 0 Å². The number of aliphatic carboxylic acids is 1. The number of rotatable bonds is 4. The first-order valence-corrected chi connectivity index (χ1v) is 11.8. The molecule has 4 rings (SSSR count). The molecule has 4 nitrogen and oxygen atoms in total. The molecule has 3 N–H and O–H groups in total. The standard InChI is InChI=1S/C24H40O4/c1-14(7-10-21(27)28)16-8-9-17-22-18(13-20(26)24(16,17)3)23(2)11-5-4-6-15(23)12-19(22)25/h14-20,22,25-26H,4-13H2,1-3H3,(H,27,28)/t14-,15?,16-,17+,18+,19?,20?,22+,23+,24-/m1/s1. The molecule has 0 spiro atoms. The van der Waals surface area contributed by atoms with Gasteiger partial charge in [-0.05, 0) is 91.3 Å². The van der Waals surface area contributed by atoms with Crippen LogP contribution in [0.4, 0.5) is 0 Å². The molecule has 4 saturated carbocycles. The molecule has 160 valence electrons. The van der Waals surface area contributed by atoms with Crippen LogP contribution in [0, 0.1) is 46.3 Å². The van der Waals surface area contributed by atoms with Crippen molar-refractivity contribution < 1.29 is 20.1 Å². The van der Waals surface area contributed by atoms with Crippen LogP contribution in [0.2, 0.25) is 0 Å². The Bertz CT molecular complexity index is 605. The zero-order valence-electron chi connectivity index (χ0n) is 17.9. The van der Waals surface area contributed by atoms with Crippen LogP contribution in [0.5, 0.6) is 0 Å². The zero-order chi connectivity index (χ0) is 20.3. The van der Waals surface area contributed by atoms with E-state index in [-0.39, 0.29) is 29.5 Å². The highest BCUT2D eigenvalue weighted by Crippen LogP contribution is 2.68. The molecule has 0 aliphatic heterocycles. The fourth-order valence-corrected chi connectivity index (χ4v) is 8.74. The summed E-state index contributed by atoms with van der Waals surface area (Å²) in [6.45, 7) is 6.89. The molecule has 0 heterocycles. The Hall–Kier alpha value is -0.610. The minimum atomic E-state index is -0.727. The second-order valence-corrected chi connectivity index (χ2v) is 11.3. The Labute approximate surface area is 170 Å². The molecule has 4 aliphatic carbocycles. The summed E-state index contributed by atoms with van der Waals surface area (Å²) in [4.78, 5) is 11.1. The van der Waals surface area contributed by atoms with E-state index in [1.54, 1.807) is 0 Å². The Balaban J connectivity index is 1.61. The number of aliphatic hydroxyl groups is 2. The number of carboxylic acid groups (broad SMARTS) is 1. The third kappa shape index (κ3) is 2.96. The maximum atomic E-state index is 11.5. The van der Waals surface area contributed by atoms with Crippen molar-refractivity contribution in [3.05, 3.63) is 0 Å². The summed E-state index contributed by atoms with van der Waals surface area (Å²) in [5.74, 6) is 1.66. The van der Waals surface area contributed by atoms with Crippen molar-refractivity contribution in [2.24, 2.45) is 46.3 Å². The summed E-state index contributed by atoms with van der Waals surface area (Å²) in [5.41, 5.74) is 0.0927. The number of carbonyl (C=O) groups is 1. The van der Waals surface area contributed by atoms with E-state index in [2.05, 4.69) is 20.8 Å². The smallest absolute Gasteiger partial charge is 0.303 e. The largest absolute Gasteiger partial charge is 0.481 e. The molecule has 0 amide bonds. The van der Waals surface area contributed by atoms with E-state index in [0.717, 1.165) is 25.7 Å². The van der Waals surface area contributed by atoms with Gasteiger partial charge in [-0.15, -0.1) is 0 Å². The lowest BCUT2D eigenvalue weighted by Crippen LogP contribution is -2.61. The van der Waals surface area contributed by atoms with E-state index in [1.807, 2.05) is 0 Å². The molecular formula is C24H40O4. The van der Waals surface area contributed by atoms with Gasteiger partial charge in [-0.25, -0.2) is 0 Å². The number of hydrogen-bond donors (Lipinski definition) is 3. The molecule has 3 unspecified atom stereocenters. The van der Waals surface area contributed by atoms with Crippen LogP contribution in [0.15, 0.2) is 0 Å². The molecule has 4 aliphatic rings. The summed E-state index contributed by atoms with van der Waals surface area (Å²) < 4.78 is 0. The van der Waals surface area contributed by atoms with E-state index < -0.39 is 5.97 Å². The lowest BCUT2D eigenvalue weighted by atomic mass is 9.43. The minimum Gasteiger partial charge on any atom is -0.481 e. The predicted octanol–water partition coefficient (Wildman–Crippen LogP) is 4.48. The average molecular weight is 393 g/mol. The topological polar surface area (TPSA) is 77.8 Å². The van der Waals surface area contributed by atoms with Gasteiger partial charge in [0.05, 0.1) is 12.2 Å². The third-order valence-corrected chi connectivity index (χ3v) is 10.3. The molecule has 28 heavy (non-hydrogen) atoms. The lowest BCUT2D eigenvalue weighted by molar-refractivity contribution is -0.201. The molecule has 10 atom stereocenters. The van der Waals surface area contributed by atoms with Gasteiger partial charge in [0, 0.05) is 6.42 Å². The monoisotopic (exact) mass is 392 g/mol. The summed E-state index contributed by atoms with van der Waals surface area (Å²) in [6, 6.07) is 0. The Morgan fingerprint density at radius 3 is 2.54 bits per heavy atom. The van der Waals surface area contributed by atoms with Crippen LogP contribution in [0.3, 0.4) is 0 Å². The number of carboxylic acids is 1. The van der Waals surface area contributed by atoms with Gasteiger partial charge in [0.25, 0.3) is 0 Å².